The highest BCUT2D eigenvalue weighted by Crippen LogP contribution is 2.50. The minimum atomic E-state index is -4.40. The first-order valence-electron chi connectivity index (χ1n) is 8.28. The van der Waals surface area contributed by atoms with Gasteiger partial charge >= 0.3 is 12.1 Å². The first-order valence-corrected chi connectivity index (χ1v) is 9.10. The SMILES string of the molecule is C/C(=C\C1=C(Sc2cccc(C(F)(F)F)c2)C(C)c2ccccc21)C(=O)O. The second-order valence-electron chi connectivity index (χ2n) is 6.35. The van der Waals surface area contributed by atoms with E-state index in [1.165, 1.54) is 24.8 Å². The number of benzene rings is 2. The molecule has 1 unspecified atom stereocenters. The number of hydrogen-bond donors (Lipinski definition) is 1. The summed E-state index contributed by atoms with van der Waals surface area (Å²) < 4.78 is 39.0. The number of thioether (sulfide) groups is 1. The highest BCUT2D eigenvalue weighted by atomic mass is 32.2. The van der Waals surface area contributed by atoms with E-state index in [0.717, 1.165) is 33.7 Å². The van der Waals surface area contributed by atoms with Gasteiger partial charge in [-0.1, -0.05) is 49.0 Å². The van der Waals surface area contributed by atoms with Gasteiger partial charge in [-0.2, -0.15) is 13.2 Å². The van der Waals surface area contributed by atoms with Gasteiger partial charge in [0, 0.05) is 21.3 Å². The Labute approximate surface area is 159 Å². The van der Waals surface area contributed by atoms with Crippen LogP contribution in [0.3, 0.4) is 0 Å². The molecular formula is C21H17F3O2S. The Balaban J connectivity index is 2.08. The maximum Gasteiger partial charge on any atom is 0.416 e. The first kappa shape index (κ1) is 19.3. The zero-order valence-corrected chi connectivity index (χ0v) is 15.5. The predicted molar refractivity (Wildman–Crippen MR) is 100 cm³/mol. The zero-order chi connectivity index (χ0) is 19.8. The fourth-order valence-corrected chi connectivity index (χ4v) is 4.23. The van der Waals surface area contributed by atoms with Crippen molar-refractivity contribution in [1.82, 2.24) is 0 Å². The summed E-state index contributed by atoms with van der Waals surface area (Å²) in [6, 6.07) is 12.8. The molecule has 2 aromatic rings. The second-order valence-corrected chi connectivity index (χ2v) is 7.46. The summed E-state index contributed by atoms with van der Waals surface area (Å²) in [4.78, 5) is 12.6. The average Bonchev–Trinajstić information content (AvgIpc) is 2.87. The van der Waals surface area contributed by atoms with Crippen molar-refractivity contribution < 1.29 is 23.1 Å². The summed E-state index contributed by atoms with van der Waals surface area (Å²) >= 11 is 1.25. The van der Waals surface area contributed by atoms with E-state index in [2.05, 4.69) is 0 Å². The zero-order valence-electron chi connectivity index (χ0n) is 14.7. The largest absolute Gasteiger partial charge is 0.478 e. The Morgan fingerprint density at radius 2 is 1.85 bits per heavy atom. The Morgan fingerprint density at radius 1 is 1.15 bits per heavy atom. The van der Waals surface area contributed by atoms with Crippen LogP contribution < -0.4 is 0 Å². The summed E-state index contributed by atoms with van der Waals surface area (Å²) in [6.07, 6.45) is -2.81. The first-order chi connectivity index (χ1) is 12.7. The number of allylic oxidation sites excluding steroid dienone is 3. The molecule has 0 saturated heterocycles. The van der Waals surface area contributed by atoms with E-state index in [4.69, 9.17) is 0 Å². The van der Waals surface area contributed by atoms with E-state index in [9.17, 15) is 23.1 Å². The van der Waals surface area contributed by atoms with Crippen LogP contribution in [0.2, 0.25) is 0 Å². The van der Waals surface area contributed by atoms with Crippen LogP contribution in [0.4, 0.5) is 13.2 Å². The predicted octanol–water partition coefficient (Wildman–Crippen LogP) is 6.36. The lowest BCUT2D eigenvalue weighted by atomic mass is 10.0. The van der Waals surface area contributed by atoms with Crippen molar-refractivity contribution in [2.75, 3.05) is 0 Å². The summed E-state index contributed by atoms with van der Waals surface area (Å²) in [5, 5.41) is 9.24. The van der Waals surface area contributed by atoms with Gasteiger partial charge in [0.15, 0.2) is 0 Å². The normalized spacial score (nSPS) is 17.2. The van der Waals surface area contributed by atoms with Gasteiger partial charge in [0.1, 0.15) is 0 Å². The Bertz CT molecular complexity index is 958. The van der Waals surface area contributed by atoms with E-state index < -0.39 is 17.7 Å². The number of carbonyl (C=O) groups is 1. The molecule has 27 heavy (non-hydrogen) atoms. The van der Waals surface area contributed by atoms with Crippen LogP contribution >= 0.6 is 11.8 Å². The Kier molecular flexibility index (Phi) is 5.20. The highest BCUT2D eigenvalue weighted by Gasteiger charge is 2.32. The van der Waals surface area contributed by atoms with E-state index in [0.29, 0.717) is 4.90 Å². The number of aliphatic carboxylic acids is 1. The van der Waals surface area contributed by atoms with Gasteiger partial charge < -0.3 is 5.11 Å². The molecule has 6 heteroatoms. The van der Waals surface area contributed by atoms with Crippen LogP contribution in [-0.2, 0) is 11.0 Å². The van der Waals surface area contributed by atoms with Gasteiger partial charge in [0.05, 0.1) is 5.56 Å². The fourth-order valence-electron chi connectivity index (χ4n) is 3.06. The molecule has 0 aliphatic heterocycles. The van der Waals surface area contributed by atoms with Gasteiger partial charge in [-0.25, -0.2) is 4.79 Å². The second kappa shape index (κ2) is 7.27. The third-order valence-corrected chi connectivity index (χ3v) is 5.75. The minimum Gasteiger partial charge on any atom is -0.478 e. The van der Waals surface area contributed by atoms with Gasteiger partial charge in [0.25, 0.3) is 0 Å². The summed E-state index contributed by atoms with van der Waals surface area (Å²) in [5.74, 6) is -1.06. The van der Waals surface area contributed by atoms with Gasteiger partial charge in [-0.15, -0.1) is 0 Å². The standard InChI is InChI=1S/C21H17F3O2S/c1-12(20(25)26)10-18-17-9-4-3-8-16(17)13(2)19(18)27-15-7-5-6-14(11-15)21(22,23)24/h3-11,13H,1-2H3,(H,25,26)/b12-10+. The number of carboxylic acid groups (broad SMARTS) is 1. The van der Waals surface area contributed by atoms with E-state index in [1.54, 1.807) is 12.1 Å². The van der Waals surface area contributed by atoms with Crippen molar-refractivity contribution in [2.24, 2.45) is 0 Å². The molecule has 0 aromatic heterocycles. The molecule has 0 bridgehead atoms. The van der Waals surface area contributed by atoms with Gasteiger partial charge in [0.2, 0.25) is 0 Å². The molecular weight excluding hydrogens is 373 g/mol. The van der Waals surface area contributed by atoms with E-state index >= 15 is 0 Å². The molecule has 1 aliphatic carbocycles. The van der Waals surface area contributed by atoms with Crippen molar-refractivity contribution in [3.8, 4) is 0 Å². The van der Waals surface area contributed by atoms with Crippen LogP contribution in [0.5, 0.6) is 0 Å². The lowest BCUT2D eigenvalue weighted by Crippen LogP contribution is -2.04. The third-order valence-electron chi connectivity index (χ3n) is 4.46. The smallest absolute Gasteiger partial charge is 0.416 e. The molecule has 0 fully saturated rings. The van der Waals surface area contributed by atoms with Crippen molar-refractivity contribution >= 4 is 23.3 Å². The number of fused-ring (bicyclic) bond motifs is 1. The fraction of sp³-hybridized carbons (Fsp3) is 0.190. The molecule has 2 nitrogen and oxygen atoms in total. The number of alkyl halides is 3. The average molecular weight is 390 g/mol. The van der Waals surface area contributed by atoms with Crippen molar-refractivity contribution in [2.45, 2.75) is 30.8 Å². The summed E-state index contributed by atoms with van der Waals surface area (Å²) in [7, 11) is 0. The van der Waals surface area contributed by atoms with Crippen LogP contribution in [0, 0.1) is 0 Å². The minimum absolute atomic E-state index is 0.0337. The van der Waals surface area contributed by atoms with E-state index in [-0.39, 0.29) is 11.5 Å². The highest BCUT2D eigenvalue weighted by molar-refractivity contribution is 8.03. The third kappa shape index (κ3) is 3.95. The molecule has 2 aromatic carbocycles. The topological polar surface area (TPSA) is 37.3 Å². The molecule has 0 heterocycles. The van der Waals surface area contributed by atoms with E-state index in [1.807, 2.05) is 31.2 Å². The van der Waals surface area contributed by atoms with Crippen LogP contribution in [0.25, 0.3) is 5.57 Å². The summed E-state index contributed by atoms with van der Waals surface area (Å²) in [6.45, 7) is 3.49. The summed E-state index contributed by atoms with van der Waals surface area (Å²) in [5.41, 5.74) is 2.18. The number of halogens is 3. The Morgan fingerprint density at radius 3 is 2.52 bits per heavy atom. The quantitative estimate of drug-likeness (QED) is 0.618. The maximum atomic E-state index is 13.0. The van der Waals surface area contributed by atoms with Crippen LogP contribution in [0.1, 0.15) is 36.5 Å². The van der Waals surface area contributed by atoms with Crippen LogP contribution in [0.15, 0.2) is 70.0 Å². The number of hydrogen-bond acceptors (Lipinski definition) is 2. The Hall–Kier alpha value is -2.47. The molecule has 0 spiro atoms. The molecule has 3 rings (SSSR count). The molecule has 0 amide bonds. The maximum absolute atomic E-state index is 13.0. The van der Waals surface area contributed by atoms with Crippen LogP contribution in [-0.4, -0.2) is 11.1 Å². The lowest BCUT2D eigenvalue weighted by molar-refractivity contribution is -0.137. The molecule has 1 aliphatic rings. The van der Waals surface area contributed by atoms with Crippen molar-refractivity contribution in [3.05, 3.63) is 81.8 Å². The number of carboxylic acids is 1. The molecule has 1 atom stereocenters. The molecule has 1 N–H and O–H groups in total. The van der Waals surface area contributed by atoms with Crippen molar-refractivity contribution in [3.63, 3.8) is 0 Å². The molecule has 0 radical (unpaired) electrons. The lowest BCUT2D eigenvalue weighted by Gasteiger charge is -2.13. The molecule has 140 valence electrons. The van der Waals surface area contributed by atoms with Gasteiger partial charge in [-0.3, -0.25) is 0 Å². The molecule has 0 saturated carbocycles. The monoisotopic (exact) mass is 390 g/mol. The number of rotatable bonds is 4. The van der Waals surface area contributed by atoms with Crippen molar-refractivity contribution in [1.29, 1.82) is 0 Å². The van der Waals surface area contributed by atoms with Gasteiger partial charge in [-0.05, 0) is 47.9 Å².